The number of nitrogens with zero attached hydrogens (tertiary/aromatic N) is 3. The second-order valence-corrected chi connectivity index (χ2v) is 7.01. The molecule has 8 nitrogen and oxygen atoms in total. The smallest absolute Gasteiger partial charge is 0.277 e. The molecule has 0 aliphatic heterocycles. The number of halogens is 1. The van der Waals surface area contributed by atoms with E-state index in [-0.39, 0.29) is 22.8 Å². The number of nitrogens with one attached hydrogen (secondary N) is 1. The lowest BCUT2D eigenvalue weighted by Gasteiger charge is -2.09. The van der Waals surface area contributed by atoms with Gasteiger partial charge in [0.05, 0.1) is 26.8 Å². The molecule has 0 aliphatic carbocycles. The maximum absolute atomic E-state index is 12.6. The first-order valence-electron chi connectivity index (χ1n) is 8.29. The summed E-state index contributed by atoms with van der Waals surface area (Å²) >= 11 is 3.34. The monoisotopic (exact) mass is 444 g/mol. The van der Waals surface area contributed by atoms with E-state index in [1.165, 1.54) is 18.2 Å². The Hall–Kier alpha value is -3.20. The van der Waals surface area contributed by atoms with Gasteiger partial charge in [-0.2, -0.15) is 5.10 Å². The summed E-state index contributed by atoms with van der Waals surface area (Å²) in [6.07, 6.45) is 0. The molecule has 0 spiro atoms. The van der Waals surface area contributed by atoms with Gasteiger partial charge in [0.15, 0.2) is 5.69 Å². The minimum absolute atomic E-state index is 0.188. The fraction of sp³-hybridized carbons (Fsp3) is 0.158. The molecular formula is C19H17BrN4O4. The van der Waals surface area contributed by atoms with Gasteiger partial charge in [-0.15, -0.1) is 0 Å². The van der Waals surface area contributed by atoms with Crippen LogP contribution in [0.2, 0.25) is 0 Å². The molecule has 1 N–H and O–H groups in total. The molecule has 3 rings (SSSR count). The molecule has 3 aromatic rings. The highest BCUT2D eigenvalue weighted by Crippen LogP contribution is 2.30. The molecule has 0 aliphatic rings. The quantitative estimate of drug-likeness (QED) is 0.451. The number of aryl methyl sites for hydroxylation is 2. The van der Waals surface area contributed by atoms with Crippen molar-refractivity contribution in [3.63, 3.8) is 0 Å². The summed E-state index contributed by atoms with van der Waals surface area (Å²) in [5, 5.41) is 18.1. The van der Waals surface area contributed by atoms with Crippen molar-refractivity contribution in [3.05, 3.63) is 74.0 Å². The molecule has 1 amide bonds. The van der Waals surface area contributed by atoms with E-state index in [9.17, 15) is 14.9 Å². The van der Waals surface area contributed by atoms with Crippen LogP contribution in [0.3, 0.4) is 0 Å². The van der Waals surface area contributed by atoms with Crippen LogP contribution in [0.1, 0.15) is 21.7 Å². The van der Waals surface area contributed by atoms with Crippen LogP contribution >= 0.6 is 15.9 Å². The van der Waals surface area contributed by atoms with Gasteiger partial charge in [-0.25, -0.2) is 0 Å². The largest absolute Gasteiger partial charge is 0.457 e. The Morgan fingerprint density at radius 2 is 1.96 bits per heavy atom. The van der Waals surface area contributed by atoms with Gasteiger partial charge < -0.3 is 10.1 Å². The molecule has 144 valence electrons. The van der Waals surface area contributed by atoms with E-state index in [0.29, 0.717) is 10.2 Å². The molecule has 0 atom stereocenters. The summed E-state index contributed by atoms with van der Waals surface area (Å²) in [5.41, 5.74) is 2.00. The lowest BCUT2D eigenvalue weighted by atomic mass is 10.2. The molecule has 0 saturated carbocycles. The SMILES string of the molecule is Cc1cccc(Oc2cc(NC(=O)c3nn(C)c(C)c3Br)cc([N+](=O)[O-])c2)c1. The van der Waals surface area contributed by atoms with Crippen molar-refractivity contribution in [2.45, 2.75) is 13.8 Å². The zero-order valence-corrected chi connectivity index (χ0v) is 17.0. The average Bonchev–Trinajstić information content (AvgIpc) is 2.89. The van der Waals surface area contributed by atoms with Crippen LogP contribution in [0.5, 0.6) is 11.5 Å². The zero-order valence-electron chi connectivity index (χ0n) is 15.4. The van der Waals surface area contributed by atoms with Gasteiger partial charge in [0, 0.05) is 19.2 Å². The van der Waals surface area contributed by atoms with Crippen molar-refractivity contribution in [1.29, 1.82) is 0 Å². The van der Waals surface area contributed by atoms with Gasteiger partial charge in [-0.1, -0.05) is 12.1 Å². The Morgan fingerprint density at radius 1 is 1.21 bits per heavy atom. The number of nitro groups is 1. The molecule has 0 bridgehead atoms. The average molecular weight is 445 g/mol. The first-order valence-corrected chi connectivity index (χ1v) is 9.08. The van der Waals surface area contributed by atoms with Crippen molar-refractivity contribution < 1.29 is 14.5 Å². The number of aromatic nitrogens is 2. The van der Waals surface area contributed by atoms with Crippen molar-refractivity contribution in [2.75, 3.05) is 5.32 Å². The molecular weight excluding hydrogens is 428 g/mol. The number of ether oxygens (including phenoxy) is 1. The Morgan fingerprint density at radius 3 is 2.57 bits per heavy atom. The lowest BCUT2D eigenvalue weighted by Crippen LogP contribution is -2.13. The first-order chi connectivity index (χ1) is 13.2. The zero-order chi connectivity index (χ0) is 20.4. The van der Waals surface area contributed by atoms with E-state index >= 15 is 0 Å². The maximum atomic E-state index is 12.6. The molecule has 0 saturated heterocycles. The number of carbonyl (C=O) groups excluding carboxylic acids is 1. The van der Waals surface area contributed by atoms with Gasteiger partial charge in [0.1, 0.15) is 11.5 Å². The molecule has 1 aromatic heterocycles. The van der Waals surface area contributed by atoms with Gasteiger partial charge in [-0.05, 0) is 47.5 Å². The first kappa shape index (κ1) is 19.6. The third-order valence-corrected chi connectivity index (χ3v) is 5.01. The van der Waals surface area contributed by atoms with Gasteiger partial charge in [0.25, 0.3) is 11.6 Å². The van der Waals surface area contributed by atoms with Gasteiger partial charge in [-0.3, -0.25) is 19.6 Å². The molecule has 0 fully saturated rings. The van der Waals surface area contributed by atoms with Crippen LogP contribution in [-0.2, 0) is 7.05 Å². The summed E-state index contributed by atoms with van der Waals surface area (Å²) in [6.45, 7) is 3.73. The molecule has 9 heteroatoms. The number of anilines is 1. The minimum atomic E-state index is -0.542. The van der Waals surface area contributed by atoms with Crippen molar-refractivity contribution in [3.8, 4) is 11.5 Å². The predicted octanol–water partition coefficient (Wildman–Crippen LogP) is 4.75. The number of amides is 1. The standard InChI is InChI=1S/C19H17BrN4O4/c1-11-5-4-6-15(7-11)28-16-9-13(8-14(10-16)24(26)27)21-19(25)18-17(20)12(2)23(3)22-18/h4-10H,1-3H3,(H,21,25). The van der Waals surface area contributed by atoms with Gasteiger partial charge >= 0.3 is 0 Å². The Labute approximate surface area is 169 Å². The Balaban J connectivity index is 1.91. The van der Waals surface area contributed by atoms with Crippen molar-refractivity contribution in [1.82, 2.24) is 9.78 Å². The fourth-order valence-corrected chi connectivity index (χ4v) is 3.07. The van der Waals surface area contributed by atoms with E-state index in [0.717, 1.165) is 11.3 Å². The third-order valence-electron chi connectivity index (χ3n) is 4.06. The minimum Gasteiger partial charge on any atom is -0.457 e. The van der Waals surface area contributed by atoms with E-state index in [2.05, 4.69) is 26.3 Å². The predicted molar refractivity (Wildman–Crippen MR) is 108 cm³/mol. The summed E-state index contributed by atoms with van der Waals surface area (Å²) in [5.74, 6) is 0.296. The second-order valence-electron chi connectivity index (χ2n) is 6.22. The summed E-state index contributed by atoms with van der Waals surface area (Å²) in [4.78, 5) is 23.3. The van der Waals surface area contributed by atoms with Crippen LogP contribution in [0.25, 0.3) is 0 Å². The highest BCUT2D eigenvalue weighted by atomic mass is 79.9. The van der Waals surface area contributed by atoms with Crippen LogP contribution in [0, 0.1) is 24.0 Å². The van der Waals surface area contributed by atoms with Gasteiger partial charge in [0.2, 0.25) is 0 Å². The number of rotatable bonds is 5. The normalized spacial score (nSPS) is 10.6. The highest BCUT2D eigenvalue weighted by Gasteiger charge is 2.19. The number of non-ortho nitro benzene ring substituents is 1. The number of nitro benzene ring substituents is 1. The summed E-state index contributed by atoms with van der Waals surface area (Å²) in [7, 11) is 1.72. The molecule has 0 radical (unpaired) electrons. The summed E-state index contributed by atoms with van der Waals surface area (Å²) in [6, 6.07) is 11.4. The van der Waals surface area contributed by atoms with Crippen LogP contribution in [-0.4, -0.2) is 20.6 Å². The van der Waals surface area contributed by atoms with Crippen molar-refractivity contribution in [2.24, 2.45) is 7.05 Å². The third kappa shape index (κ3) is 4.20. The Kier molecular flexibility index (Phi) is 5.46. The number of carbonyl (C=O) groups is 1. The number of benzene rings is 2. The lowest BCUT2D eigenvalue weighted by molar-refractivity contribution is -0.384. The Bertz CT molecular complexity index is 1080. The second kappa shape index (κ2) is 7.81. The van der Waals surface area contributed by atoms with E-state index in [1.807, 2.05) is 32.0 Å². The van der Waals surface area contributed by atoms with Crippen molar-refractivity contribution >= 4 is 33.2 Å². The number of hydrogen-bond acceptors (Lipinski definition) is 5. The van der Waals surface area contributed by atoms with Crippen LogP contribution in [0.4, 0.5) is 11.4 Å². The molecule has 0 unspecified atom stereocenters. The van der Waals surface area contributed by atoms with Crippen LogP contribution < -0.4 is 10.1 Å². The van der Waals surface area contributed by atoms with Crippen LogP contribution in [0.15, 0.2) is 46.9 Å². The van der Waals surface area contributed by atoms with E-state index in [1.54, 1.807) is 17.8 Å². The van der Waals surface area contributed by atoms with E-state index in [4.69, 9.17) is 4.74 Å². The highest BCUT2D eigenvalue weighted by molar-refractivity contribution is 9.10. The number of hydrogen-bond donors (Lipinski definition) is 1. The van der Waals surface area contributed by atoms with E-state index < -0.39 is 10.8 Å². The molecule has 1 heterocycles. The summed E-state index contributed by atoms with van der Waals surface area (Å²) < 4.78 is 7.87. The maximum Gasteiger partial charge on any atom is 0.277 e. The molecule has 2 aromatic carbocycles. The fourth-order valence-electron chi connectivity index (χ4n) is 2.55. The molecule has 28 heavy (non-hydrogen) atoms. The topological polar surface area (TPSA) is 99.3 Å².